The molecule has 20 heteroatoms. The lowest BCUT2D eigenvalue weighted by atomic mass is 9.95. The first kappa shape index (κ1) is 69.5. The van der Waals surface area contributed by atoms with Crippen LogP contribution >= 0.6 is 0 Å². The molecule has 0 aliphatic carbocycles. The van der Waals surface area contributed by atoms with Crippen LogP contribution in [0.2, 0.25) is 0 Å². The summed E-state index contributed by atoms with van der Waals surface area (Å²) in [7, 11) is 0. The Kier molecular flexibility index (Phi) is 33.8. The van der Waals surface area contributed by atoms with Gasteiger partial charge in [-0.25, -0.2) is 10.9 Å². The van der Waals surface area contributed by atoms with E-state index in [1.54, 1.807) is 50.2 Å². The number of allylic oxidation sites excluding steroid dienone is 1. The molecule has 0 bridgehead atoms. The Morgan fingerprint density at radius 1 is 0.487 bits per heavy atom. The summed E-state index contributed by atoms with van der Waals surface area (Å²) in [6.45, 7) is 23.7. The molecule has 3 amide bonds. The second-order valence-corrected chi connectivity index (χ2v) is 20.1. The first-order valence-electron chi connectivity index (χ1n) is 28.1. The molecule has 0 spiro atoms. The molecule has 0 unspecified atom stereocenters. The number of carbonyl (C=O) groups excluding carboxylic acids is 7. The molecule has 0 fully saturated rings. The van der Waals surface area contributed by atoms with Gasteiger partial charge in [0.15, 0.2) is 0 Å². The minimum Gasteiger partial charge on any atom is -0.463 e. The molecule has 0 heterocycles. The van der Waals surface area contributed by atoms with Crippen molar-refractivity contribution in [3.05, 3.63) is 81.9 Å². The number of nitrogens with one attached hydrogen (secondary N) is 4. The van der Waals surface area contributed by atoms with Gasteiger partial charge in [-0.3, -0.25) is 38.6 Å². The van der Waals surface area contributed by atoms with Crippen molar-refractivity contribution in [2.75, 3.05) is 59.4 Å². The van der Waals surface area contributed by atoms with Crippen molar-refractivity contribution in [1.29, 1.82) is 0 Å². The minimum absolute atomic E-state index is 0.00212. The third kappa shape index (κ3) is 29.5. The van der Waals surface area contributed by atoms with Crippen molar-refractivity contribution in [2.24, 2.45) is 15.2 Å². The predicted molar refractivity (Wildman–Crippen MR) is 310 cm³/mol. The molecule has 20 nitrogen and oxygen atoms in total. The van der Waals surface area contributed by atoms with Gasteiger partial charge in [0.25, 0.3) is 17.7 Å². The Labute approximate surface area is 474 Å². The number of hydrogen-bond donors (Lipinski definition) is 4. The maximum Gasteiger partial charge on any atom is 0.306 e. The van der Waals surface area contributed by atoms with E-state index in [0.29, 0.717) is 48.5 Å². The fourth-order valence-corrected chi connectivity index (χ4v) is 7.46. The third-order valence-corrected chi connectivity index (χ3v) is 13.7. The predicted octanol–water partition coefficient (Wildman–Crippen LogP) is 9.09. The number of rotatable bonds is 40. The molecule has 80 heavy (non-hydrogen) atoms. The number of esters is 4. The topological polar surface area (TPSA) is 260 Å². The Balaban J connectivity index is 1.58. The van der Waals surface area contributed by atoms with Crippen molar-refractivity contribution >= 4 is 58.7 Å². The van der Waals surface area contributed by atoms with Crippen LogP contribution in [0.3, 0.4) is 0 Å². The molecule has 0 aliphatic heterocycles. The molecular formula is C60H91N7O13. The van der Waals surface area contributed by atoms with Crippen molar-refractivity contribution in [2.45, 2.75) is 177 Å². The van der Waals surface area contributed by atoms with Crippen LogP contribution in [0.4, 0.5) is 0 Å². The lowest BCUT2D eigenvalue weighted by molar-refractivity contribution is -0.148. The summed E-state index contributed by atoms with van der Waals surface area (Å²) in [6, 6.07) is 13.6. The number of carbonyl (C=O) groups is 7. The first-order valence-corrected chi connectivity index (χ1v) is 28.1. The largest absolute Gasteiger partial charge is 0.463 e. The van der Waals surface area contributed by atoms with Gasteiger partial charge in [-0.05, 0) is 135 Å². The zero-order chi connectivity index (χ0) is 59.4. The zero-order valence-electron chi connectivity index (χ0n) is 49.5. The number of hydrogen-bond acceptors (Lipinski definition) is 17. The van der Waals surface area contributed by atoms with Crippen LogP contribution in [-0.2, 0) is 54.1 Å². The average Bonchev–Trinajstić information content (AvgIpc) is 3.46. The first-order chi connectivity index (χ1) is 38.2. The Morgan fingerprint density at radius 2 is 0.900 bits per heavy atom. The maximum atomic E-state index is 12.9. The van der Waals surface area contributed by atoms with Gasteiger partial charge in [0.1, 0.15) is 26.4 Å². The molecule has 2 aromatic rings. The fourth-order valence-electron chi connectivity index (χ4n) is 7.46. The number of ether oxygens (including phenoxy) is 6. The van der Waals surface area contributed by atoms with Gasteiger partial charge in [0.2, 0.25) is 0 Å². The molecule has 0 radical (unpaired) electrons. The second kappa shape index (κ2) is 38.9. The smallest absolute Gasteiger partial charge is 0.306 e. The highest BCUT2D eigenvalue weighted by molar-refractivity contribution is 6.00. The van der Waals surface area contributed by atoms with E-state index in [0.717, 1.165) is 49.0 Å². The van der Waals surface area contributed by atoms with Gasteiger partial charge in [-0.15, -0.1) is 0 Å². The molecule has 444 valence electrons. The summed E-state index contributed by atoms with van der Waals surface area (Å²) >= 11 is 0. The quantitative estimate of drug-likeness (QED) is 0.0121. The molecule has 0 atom stereocenters. The number of nitrogens with zero attached hydrogens (tertiary/aromatic N) is 3. The summed E-state index contributed by atoms with van der Waals surface area (Å²) in [5.74, 6) is -2.69. The van der Waals surface area contributed by atoms with Crippen molar-refractivity contribution in [3.63, 3.8) is 0 Å². The number of benzene rings is 2. The number of hydrazone groups is 2. The van der Waals surface area contributed by atoms with Crippen LogP contribution in [0.15, 0.2) is 74.9 Å². The third-order valence-electron chi connectivity index (χ3n) is 13.7. The van der Waals surface area contributed by atoms with Gasteiger partial charge < -0.3 is 39.1 Å². The van der Waals surface area contributed by atoms with E-state index in [1.807, 2.05) is 40.7 Å². The fraction of sp³-hybridized carbons (Fsp3) is 0.600. The van der Waals surface area contributed by atoms with Crippen LogP contribution in [-0.4, -0.2) is 129 Å². The van der Waals surface area contributed by atoms with Gasteiger partial charge in [0, 0.05) is 58.9 Å². The highest BCUT2D eigenvalue weighted by Crippen LogP contribution is 2.21. The zero-order valence-corrected chi connectivity index (χ0v) is 49.5. The van der Waals surface area contributed by atoms with E-state index in [-0.39, 0.29) is 126 Å². The van der Waals surface area contributed by atoms with E-state index in [1.165, 1.54) is 11.6 Å². The molecular weight excluding hydrogens is 1030 g/mol. The van der Waals surface area contributed by atoms with Crippen LogP contribution in [0.5, 0.6) is 0 Å². The standard InChI is InChI=1S/C60H91N7O13/c1-12-48(43(6)23-27-52(68)77-35-31-75-32-36-78-53(69)28-24-44(7)62-59(10,13-2)14-3)42-61-41-47-19-17-20-49(39-47)57(73)66-64-45(8)25-29-54(70)79-37-33-76-34-38-80-55(71)30-26-46(9)65-67-58(74)51-22-18-21-50(40-51)56(72)63-60(11,15-4)16-5/h17-22,39-40,61H,12-16,23-38,41-42H2,1-11H3,(H,63,72)(H,66,73)(H,67,74). The lowest BCUT2D eigenvalue weighted by Crippen LogP contribution is -2.45. The molecule has 0 aliphatic rings. The normalized spacial score (nSPS) is 12.5. The Bertz CT molecular complexity index is 2430. The summed E-state index contributed by atoms with van der Waals surface area (Å²) in [4.78, 5) is 92.3. The maximum absolute atomic E-state index is 12.9. The lowest BCUT2D eigenvalue weighted by Gasteiger charge is -2.28. The van der Waals surface area contributed by atoms with Crippen LogP contribution in [0.25, 0.3) is 0 Å². The van der Waals surface area contributed by atoms with Crippen LogP contribution in [0, 0.1) is 0 Å². The summed E-state index contributed by atoms with van der Waals surface area (Å²) < 4.78 is 31.9. The summed E-state index contributed by atoms with van der Waals surface area (Å²) in [6.07, 6.45) is 6.45. The number of aliphatic imine (C=N–C) groups is 1. The molecule has 2 rings (SSSR count). The van der Waals surface area contributed by atoms with E-state index in [4.69, 9.17) is 33.4 Å². The van der Waals surface area contributed by atoms with Crippen LogP contribution in [0.1, 0.15) is 196 Å². The summed E-state index contributed by atoms with van der Waals surface area (Å²) in [5, 5.41) is 14.7. The van der Waals surface area contributed by atoms with Gasteiger partial charge in [-0.1, -0.05) is 64.0 Å². The van der Waals surface area contributed by atoms with Gasteiger partial charge >= 0.3 is 23.9 Å². The SMILES string of the molecule is CCC(CNCc1cccc(C(=O)NN=C(C)CCC(=O)OCCOCCOC(=O)CCC(C)=NNC(=O)c2cccc(C(=O)NC(C)(CC)CC)c2)c1)=C(C)CCC(=O)OCCOCCOC(=O)CCC(C)=NC(C)(CC)CC. The van der Waals surface area contributed by atoms with Crippen molar-refractivity contribution < 1.29 is 62.0 Å². The molecule has 0 saturated carbocycles. The Hall–Kier alpha value is -6.64. The molecule has 0 aromatic heterocycles. The molecule has 2 aromatic carbocycles. The van der Waals surface area contributed by atoms with E-state index in [2.05, 4.69) is 59.4 Å². The minimum atomic E-state index is -0.488. The van der Waals surface area contributed by atoms with E-state index >= 15 is 0 Å². The van der Waals surface area contributed by atoms with E-state index in [9.17, 15) is 33.6 Å². The average molecular weight is 1120 g/mol. The highest BCUT2D eigenvalue weighted by atomic mass is 16.6. The summed E-state index contributed by atoms with van der Waals surface area (Å²) in [5.41, 5.74) is 10.8. The molecule has 0 saturated heterocycles. The van der Waals surface area contributed by atoms with Crippen LogP contribution < -0.4 is 21.5 Å². The van der Waals surface area contributed by atoms with E-state index < -0.39 is 23.8 Å². The second-order valence-electron chi connectivity index (χ2n) is 20.1. The van der Waals surface area contributed by atoms with Gasteiger partial charge in [0.05, 0.1) is 51.2 Å². The Morgan fingerprint density at radius 3 is 1.34 bits per heavy atom. The van der Waals surface area contributed by atoms with Gasteiger partial charge in [-0.2, -0.15) is 10.2 Å². The monoisotopic (exact) mass is 1120 g/mol. The highest BCUT2D eigenvalue weighted by Gasteiger charge is 2.23. The number of amides is 3. The van der Waals surface area contributed by atoms with Crippen molar-refractivity contribution in [3.8, 4) is 0 Å². The molecule has 4 N–H and O–H groups in total. The van der Waals surface area contributed by atoms with Crippen molar-refractivity contribution in [1.82, 2.24) is 21.5 Å².